The average Bonchev–Trinajstić information content (AvgIpc) is 2.88. The number of hydrogen-bond acceptors (Lipinski definition) is 4. The van der Waals surface area contributed by atoms with Gasteiger partial charge in [-0.15, -0.1) is 5.10 Å². The maximum Gasteiger partial charge on any atom is 0.358 e. The number of benzene rings is 1. The largest absolute Gasteiger partial charge is 0.476 e. The molecule has 0 saturated carbocycles. The summed E-state index contributed by atoms with van der Waals surface area (Å²) in [7, 11) is 0. The number of likely N-dealkylation sites (tertiary alicyclic amines) is 1. The van der Waals surface area contributed by atoms with Gasteiger partial charge in [0.1, 0.15) is 0 Å². The Morgan fingerprint density at radius 2 is 2.10 bits per heavy atom. The Bertz CT molecular complexity index is 620. The second kappa shape index (κ2) is 5.65. The molecule has 1 aliphatic heterocycles. The Hall–Kier alpha value is -2.21. The Morgan fingerprint density at radius 1 is 1.38 bits per heavy atom. The summed E-state index contributed by atoms with van der Waals surface area (Å²) in [5.41, 5.74) is 1.34. The highest BCUT2D eigenvalue weighted by molar-refractivity contribution is 5.84. The lowest BCUT2D eigenvalue weighted by atomic mass is 10.0. The second-order valence-electron chi connectivity index (χ2n) is 5.54. The van der Waals surface area contributed by atoms with Crippen molar-refractivity contribution in [3.8, 4) is 0 Å². The van der Waals surface area contributed by atoms with Crippen molar-refractivity contribution in [2.24, 2.45) is 0 Å². The van der Waals surface area contributed by atoms with Crippen LogP contribution < -0.4 is 0 Å². The summed E-state index contributed by atoms with van der Waals surface area (Å²) in [6, 6.07) is 11.1. The van der Waals surface area contributed by atoms with E-state index in [4.69, 9.17) is 5.11 Å². The number of aromatic carboxylic acids is 1. The molecule has 2 heterocycles. The van der Waals surface area contributed by atoms with Gasteiger partial charge in [0.15, 0.2) is 5.69 Å². The number of hydrogen-bond donors (Lipinski definition) is 1. The maximum atomic E-state index is 10.8. The fourth-order valence-electron chi connectivity index (χ4n) is 2.65. The van der Waals surface area contributed by atoms with Crippen LogP contribution >= 0.6 is 0 Å². The van der Waals surface area contributed by atoms with E-state index in [1.54, 1.807) is 4.68 Å². The van der Waals surface area contributed by atoms with Crippen LogP contribution in [-0.4, -0.2) is 50.1 Å². The van der Waals surface area contributed by atoms with E-state index in [0.29, 0.717) is 6.04 Å². The summed E-state index contributed by atoms with van der Waals surface area (Å²) in [6.45, 7) is 3.99. The number of carbonyl (C=O) groups is 1. The minimum Gasteiger partial charge on any atom is -0.476 e. The first-order valence-corrected chi connectivity index (χ1v) is 7.06. The molecule has 1 saturated heterocycles. The number of carboxylic acids is 1. The van der Waals surface area contributed by atoms with Gasteiger partial charge in [0, 0.05) is 19.1 Å². The minimum atomic E-state index is -1.03. The van der Waals surface area contributed by atoms with E-state index in [1.165, 1.54) is 11.8 Å². The Morgan fingerprint density at radius 3 is 2.71 bits per heavy atom. The fraction of sp³-hybridized carbons (Fsp3) is 0.400. The zero-order chi connectivity index (χ0) is 14.8. The van der Waals surface area contributed by atoms with Crippen LogP contribution in [0.15, 0.2) is 36.5 Å². The van der Waals surface area contributed by atoms with Crippen molar-refractivity contribution in [1.82, 2.24) is 19.9 Å². The lowest BCUT2D eigenvalue weighted by molar-refractivity contribution is 0.0590. The van der Waals surface area contributed by atoms with Crippen LogP contribution in [0.25, 0.3) is 0 Å². The lowest BCUT2D eigenvalue weighted by Gasteiger charge is -2.42. The quantitative estimate of drug-likeness (QED) is 0.901. The van der Waals surface area contributed by atoms with Gasteiger partial charge in [-0.2, -0.15) is 0 Å². The van der Waals surface area contributed by atoms with Gasteiger partial charge in [0.2, 0.25) is 0 Å². The predicted octanol–water partition coefficient (Wildman–Crippen LogP) is 1.46. The first-order chi connectivity index (χ1) is 10.1. The molecule has 1 N–H and O–H groups in total. The molecule has 21 heavy (non-hydrogen) atoms. The minimum absolute atomic E-state index is 0.00536. The summed E-state index contributed by atoms with van der Waals surface area (Å²) < 4.78 is 1.66. The molecule has 0 bridgehead atoms. The van der Waals surface area contributed by atoms with Crippen molar-refractivity contribution in [1.29, 1.82) is 0 Å². The van der Waals surface area contributed by atoms with Crippen LogP contribution in [0.1, 0.15) is 29.0 Å². The molecule has 1 aromatic heterocycles. The molecular weight excluding hydrogens is 268 g/mol. The van der Waals surface area contributed by atoms with Crippen molar-refractivity contribution in [2.75, 3.05) is 13.1 Å². The van der Waals surface area contributed by atoms with E-state index in [9.17, 15) is 4.79 Å². The maximum absolute atomic E-state index is 10.8. The number of aromatic nitrogens is 3. The van der Waals surface area contributed by atoms with Gasteiger partial charge in [-0.1, -0.05) is 35.5 Å². The first kappa shape index (κ1) is 13.8. The Balaban J connectivity index is 1.54. The molecule has 0 amide bonds. The molecule has 0 aliphatic carbocycles. The third-order valence-corrected chi connectivity index (χ3v) is 3.99. The van der Waals surface area contributed by atoms with Crippen LogP contribution in [0.3, 0.4) is 0 Å². The summed E-state index contributed by atoms with van der Waals surface area (Å²) >= 11 is 0. The van der Waals surface area contributed by atoms with Crippen LogP contribution in [0.5, 0.6) is 0 Å². The van der Waals surface area contributed by atoms with Crippen LogP contribution in [0.2, 0.25) is 0 Å². The van der Waals surface area contributed by atoms with Gasteiger partial charge in [-0.05, 0) is 18.9 Å². The summed E-state index contributed by atoms with van der Waals surface area (Å²) in [6.07, 6.45) is 2.53. The number of nitrogens with zero attached hydrogens (tertiary/aromatic N) is 4. The van der Waals surface area contributed by atoms with E-state index in [0.717, 1.165) is 19.5 Å². The van der Waals surface area contributed by atoms with E-state index in [-0.39, 0.29) is 11.7 Å². The predicted molar refractivity (Wildman–Crippen MR) is 77.2 cm³/mol. The molecule has 110 valence electrons. The SMILES string of the molecule is CC(Cc1ccccc1)N1CC(n2cc(C(=O)O)nn2)C1. The summed E-state index contributed by atoms with van der Waals surface area (Å²) in [5.74, 6) is -1.03. The smallest absolute Gasteiger partial charge is 0.358 e. The van der Waals surface area contributed by atoms with E-state index in [1.807, 2.05) is 6.07 Å². The number of carboxylic acid groups (broad SMARTS) is 1. The molecule has 2 aromatic rings. The van der Waals surface area contributed by atoms with Gasteiger partial charge in [0.25, 0.3) is 0 Å². The molecule has 1 atom stereocenters. The zero-order valence-corrected chi connectivity index (χ0v) is 11.9. The molecule has 3 rings (SSSR count). The zero-order valence-electron chi connectivity index (χ0n) is 11.9. The summed E-state index contributed by atoms with van der Waals surface area (Å²) in [4.78, 5) is 13.2. The first-order valence-electron chi connectivity index (χ1n) is 7.06. The van der Waals surface area contributed by atoms with E-state index < -0.39 is 5.97 Å². The van der Waals surface area contributed by atoms with Gasteiger partial charge in [-0.25, -0.2) is 9.48 Å². The Kier molecular flexibility index (Phi) is 3.70. The van der Waals surface area contributed by atoms with Crippen molar-refractivity contribution >= 4 is 5.97 Å². The van der Waals surface area contributed by atoms with Crippen molar-refractivity contribution in [3.05, 3.63) is 47.8 Å². The van der Waals surface area contributed by atoms with Gasteiger partial charge < -0.3 is 5.11 Å². The molecule has 1 unspecified atom stereocenters. The molecule has 1 aliphatic rings. The monoisotopic (exact) mass is 286 g/mol. The second-order valence-corrected chi connectivity index (χ2v) is 5.54. The molecular formula is C15H18N4O2. The highest BCUT2D eigenvalue weighted by Crippen LogP contribution is 2.24. The third-order valence-electron chi connectivity index (χ3n) is 3.99. The van der Waals surface area contributed by atoms with Gasteiger partial charge in [0.05, 0.1) is 12.2 Å². The highest BCUT2D eigenvalue weighted by Gasteiger charge is 2.32. The lowest BCUT2D eigenvalue weighted by Crippen LogP contribution is -2.52. The molecule has 6 nitrogen and oxygen atoms in total. The normalized spacial score (nSPS) is 17.4. The van der Waals surface area contributed by atoms with Crippen molar-refractivity contribution in [2.45, 2.75) is 25.4 Å². The third kappa shape index (κ3) is 2.95. The topological polar surface area (TPSA) is 71.2 Å². The van der Waals surface area contributed by atoms with Crippen molar-refractivity contribution < 1.29 is 9.90 Å². The van der Waals surface area contributed by atoms with E-state index >= 15 is 0 Å². The highest BCUT2D eigenvalue weighted by atomic mass is 16.4. The summed E-state index contributed by atoms with van der Waals surface area (Å²) in [5, 5.41) is 16.4. The molecule has 1 fully saturated rings. The molecule has 6 heteroatoms. The fourth-order valence-corrected chi connectivity index (χ4v) is 2.65. The molecule has 0 radical (unpaired) electrons. The molecule has 0 spiro atoms. The average molecular weight is 286 g/mol. The van der Waals surface area contributed by atoms with Gasteiger partial charge in [-0.3, -0.25) is 4.90 Å². The number of rotatable bonds is 5. The van der Waals surface area contributed by atoms with Crippen LogP contribution in [0, 0.1) is 0 Å². The molecule has 1 aromatic carbocycles. The van der Waals surface area contributed by atoms with Crippen molar-refractivity contribution in [3.63, 3.8) is 0 Å². The van der Waals surface area contributed by atoms with Crippen LogP contribution in [-0.2, 0) is 6.42 Å². The van der Waals surface area contributed by atoms with E-state index in [2.05, 4.69) is 46.4 Å². The Labute approximate surface area is 123 Å². The van der Waals surface area contributed by atoms with Crippen LogP contribution in [0.4, 0.5) is 0 Å². The standard InChI is InChI=1S/C15H18N4O2/c1-11(7-12-5-3-2-4-6-12)18-8-13(9-18)19-10-14(15(20)21)16-17-19/h2-6,10-11,13H,7-9H2,1H3,(H,20,21). The van der Waals surface area contributed by atoms with Gasteiger partial charge >= 0.3 is 5.97 Å².